The van der Waals surface area contributed by atoms with E-state index in [1.165, 1.54) is 0 Å². The van der Waals surface area contributed by atoms with Crippen LogP contribution in [-0.4, -0.2) is 16.8 Å². The van der Waals surface area contributed by atoms with Gasteiger partial charge in [-0.2, -0.15) is 0 Å². The van der Waals surface area contributed by atoms with Gasteiger partial charge in [0, 0.05) is 23.5 Å². The molecule has 3 nitrogen and oxygen atoms in total. The van der Waals surface area contributed by atoms with Gasteiger partial charge in [0.15, 0.2) is 0 Å². The van der Waals surface area contributed by atoms with Gasteiger partial charge in [-0.25, -0.2) is 0 Å². The second-order valence-electron chi connectivity index (χ2n) is 5.69. The van der Waals surface area contributed by atoms with Gasteiger partial charge in [-0.1, -0.05) is 30.3 Å². The number of amides is 1. The van der Waals surface area contributed by atoms with Crippen molar-refractivity contribution in [3.63, 3.8) is 0 Å². The van der Waals surface area contributed by atoms with Crippen molar-refractivity contribution in [2.75, 3.05) is 0 Å². The van der Waals surface area contributed by atoms with E-state index >= 15 is 0 Å². The standard InChI is InChI=1S/C19H19NO2/c1-14(2)20(13-15-6-4-3-5-7-15)19(21)17-8-9-18-16(12-17)10-11-22-18/h3-12,14H,13H2,1-2H3. The second-order valence-corrected chi connectivity index (χ2v) is 5.69. The molecule has 0 bridgehead atoms. The summed E-state index contributed by atoms with van der Waals surface area (Å²) in [7, 11) is 0. The fourth-order valence-corrected chi connectivity index (χ4v) is 2.53. The van der Waals surface area contributed by atoms with Gasteiger partial charge in [0.05, 0.1) is 6.26 Å². The molecule has 0 aliphatic rings. The number of furan rings is 1. The van der Waals surface area contributed by atoms with Gasteiger partial charge in [0.25, 0.3) is 5.91 Å². The molecule has 3 rings (SSSR count). The van der Waals surface area contributed by atoms with Crippen LogP contribution in [0.4, 0.5) is 0 Å². The minimum absolute atomic E-state index is 0.0435. The van der Waals surface area contributed by atoms with Crippen LogP contribution in [0.25, 0.3) is 11.0 Å². The van der Waals surface area contributed by atoms with Gasteiger partial charge in [-0.3, -0.25) is 4.79 Å². The lowest BCUT2D eigenvalue weighted by atomic mass is 10.1. The van der Waals surface area contributed by atoms with Crippen LogP contribution in [0, 0.1) is 0 Å². The molecule has 22 heavy (non-hydrogen) atoms. The molecule has 0 atom stereocenters. The smallest absolute Gasteiger partial charge is 0.254 e. The number of hydrogen-bond donors (Lipinski definition) is 0. The largest absolute Gasteiger partial charge is 0.464 e. The Morgan fingerprint density at radius 2 is 1.86 bits per heavy atom. The molecule has 0 aliphatic carbocycles. The van der Waals surface area contributed by atoms with E-state index in [4.69, 9.17) is 4.42 Å². The summed E-state index contributed by atoms with van der Waals surface area (Å²) < 4.78 is 5.33. The summed E-state index contributed by atoms with van der Waals surface area (Å²) in [5.41, 5.74) is 2.63. The van der Waals surface area contributed by atoms with Crippen molar-refractivity contribution in [2.24, 2.45) is 0 Å². The summed E-state index contributed by atoms with van der Waals surface area (Å²) in [5.74, 6) is 0.0435. The maximum absolute atomic E-state index is 12.9. The van der Waals surface area contributed by atoms with E-state index in [0.29, 0.717) is 12.1 Å². The summed E-state index contributed by atoms with van der Waals surface area (Å²) in [6, 6.07) is 17.6. The minimum atomic E-state index is 0.0435. The number of rotatable bonds is 4. The quantitative estimate of drug-likeness (QED) is 0.710. The predicted octanol–water partition coefficient (Wildman–Crippen LogP) is 4.48. The Bertz CT molecular complexity index is 774. The molecule has 1 aromatic heterocycles. The Hall–Kier alpha value is -2.55. The first-order chi connectivity index (χ1) is 10.6. The molecule has 112 valence electrons. The number of carbonyl (C=O) groups excluding carboxylic acids is 1. The zero-order chi connectivity index (χ0) is 15.5. The van der Waals surface area contributed by atoms with E-state index in [1.807, 2.05) is 73.3 Å². The van der Waals surface area contributed by atoms with Gasteiger partial charge in [-0.05, 0) is 43.7 Å². The molecular formula is C19H19NO2. The van der Waals surface area contributed by atoms with Crippen LogP contribution in [-0.2, 0) is 6.54 Å². The first-order valence-electron chi connectivity index (χ1n) is 7.47. The van der Waals surface area contributed by atoms with E-state index < -0.39 is 0 Å². The highest BCUT2D eigenvalue weighted by atomic mass is 16.3. The van der Waals surface area contributed by atoms with E-state index in [9.17, 15) is 4.79 Å². The van der Waals surface area contributed by atoms with Gasteiger partial charge >= 0.3 is 0 Å². The third kappa shape index (κ3) is 2.89. The van der Waals surface area contributed by atoms with Crippen LogP contribution in [0.5, 0.6) is 0 Å². The van der Waals surface area contributed by atoms with E-state index in [0.717, 1.165) is 16.5 Å². The van der Waals surface area contributed by atoms with Crippen LogP contribution in [0.2, 0.25) is 0 Å². The Labute approximate surface area is 130 Å². The number of carbonyl (C=O) groups is 1. The topological polar surface area (TPSA) is 33.5 Å². The zero-order valence-corrected chi connectivity index (χ0v) is 12.8. The molecule has 1 heterocycles. The fourth-order valence-electron chi connectivity index (χ4n) is 2.53. The van der Waals surface area contributed by atoms with Crippen LogP contribution in [0.15, 0.2) is 65.3 Å². The number of nitrogens with zero attached hydrogens (tertiary/aromatic N) is 1. The number of fused-ring (bicyclic) bond motifs is 1. The second kappa shape index (κ2) is 6.06. The van der Waals surface area contributed by atoms with Crippen molar-refractivity contribution >= 4 is 16.9 Å². The number of benzene rings is 2. The molecule has 3 aromatic rings. The molecule has 0 spiro atoms. The molecule has 0 saturated carbocycles. The molecule has 1 amide bonds. The SMILES string of the molecule is CC(C)N(Cc1ccccc1)C(=O)c1ccc2occc2c1. The van der Waals surface area contributed by atoms with Gasteiger partial charge < -0.3 is 9.32 Å². The molecule has 2 aromatic carbocycles. The average molecular weight is 293 g/mol. The molecule has 0 fully saturated rings. The average Bonchev–Trinajstić information content (AvgIpc) is 3.00. The lowest BCUT2D eigenvalue weighted by Gasteiger charge is -2.27. The summed E-state index contributed by atoms with van der Waals surface area (Å²) in [5, 5.41) is 0.953. The maximum atomic E-state index is 12.9. The Kier molecular flexibility index (Phi) is 3.96. The Morgan fingerprint density at radius 1 is 1.09 bits per heavy atom. The first-order valence-corrected chi connectivity index (χ1v) is 7.47. The van der Waals surface area contributed by atoms with Crippen LogP contribution in [0.1, 0.15) is 29.8 Å². The van der Waals surface area contributed by atoms with Crippen LogP contribution in [0.3, 0.4) is 0 Å². The summed E-state index contributed by atoms with van der Waals surface area (Å²) >= 11 is 0. The molecular weight excluding hydrogens is 274 g/mol. The van der Waals surface area contributed by atoms with Crippen LogP contribution < -0.4 is 0 Å². The maximum Gasteiger partial charge on any atom is 0.254 e. The van der Waals surface area contributed by atoms with E-state index in [1.54, 1.807) is 6.26 Å². The lowest BCUT2D eigenvalue weighted by molar-refractivity contribution is 0.0690. The molecule has 0 N–H and O–H groups in total. The highest BCUT2D eigenvalue weighted by molar-refractivity contribution is 5.97. The number of hydrogen-bond acceptors (Lipinski definition) is 2. The minimum Gasteiger partial charge on any atom is -0.464 e. The first kappa shape index (κ1) is 14.4. The van der Waals surface area contributed by atoms with Crippen molar-refractivity contribution in [3.8, 4) is 0 Å². The van der Waals surface area contributed by atoms with Gasteiger partial charge in [0.1, 0.15) is 5.58 Å². The fraction of sp³-hybridized carbons (Fsp3) is 0.211. The molecule has 3 heteroatoms. The summed E-state index contributed by atoms with van der Waals surface area (Å²) in [4.78, 5) is 14.7. The molecule has 0 aliphatic heterocycles. The van der Waals surface area contributed by atoms with Gasteiger partial charge in [0.2, 0.25) is 0 Å². The Morgan fingerprint density at radius 3 is 2.59 bits per heavy atom. The van der Waals surface area contributed by atoms with Crippen molar-refractivity contribution in [1.29, 1.82) is 0 Å². The van der Waals surface area contributed by atoms with Crippen molar-refractivity contribution in [2.45, 2.75) is 26.4 Å². The molecule has 0 unspecified atom stereocenters. The third-order valence-electron chi connectivity index (χ3n) is 3.78. The van der Waals surface area contributed by atoms with Crippen molar-refractivity contribution in [1.82, 2.24) is 4.90 Å². The van der Waals surface area contributed by atoms with Crippen molar-refractivity contribution in [3.05, 3.63) is 72.0 Å². The summed E-state index contributed by atoms with van der Waals surface area (Å²) in [6.07, 6.45) is 1.64. The van der Waals surface area contributed by atoms with Crippen molar-refractivity contribution < 1.29 is 9.21 Å². The van der Waals surface area contributed by atoms with E-state index in [-0.39, 0.29) is 11.9 Å². The van der Waals surface area contributed by atoms with E-state index in [2.05, 4.69) is 0 Å². The zero-order valence-electron chi connectivity index (χ0n) is 12.8. The Balaban J connectivity index is 1.88. The monoisotopic (exact) mass is 293 g/mol. The van der Waals surface area contributed by atoms with Gasteiger partial charge in [-0.15, -0.1) is 0 Å². The highest BCUT2D eigenvalue weighted by Gasteiger charge is 2.19. The highest BCUT2D eigenvalue weighted by Crippen LogP contribution is 2.20. The molecule has 0 radical (unpaired) electrons. The third-order valence-corrected chi connectivity index (χ3v) is 3.78. The summed E-state index contributed by atoms with van der Waals surface area (Å²) in [6.45, 7) is 4.69. The normalized spacial score (nSPS) is 11.0. The lowest BCUT2D eigenvalue weighted by Crippen LogP contribution is -2.36. The molecule has 0 saturated heterocycles. The predicted molar refractivity (Wildman–Crippen MR) is 87.7 cm³/mol. The van der Waals surface area contributed by atoms with Crippen LogP contribution >= 0.6 is 0 Å².